The van der Waals surface area contributed by atoms with Crippen LogP contribution in [0.5, 0.6) is 0 Å². The Morgan fingerprint density at radius 3 is 2.46 bits per heavy atom. The standard InChI is InChI=1S/C26H32F2N2O7/c1-6-7-16(2)22(17(3)36-4)26(32,33)29-11-10-24(14-25(27,28)15-24)13-21(29)19-9-8-18(23(31)37-5)12-20(19)30(34)35/h6-9,12,21,32-33H,2,10-11,13-15H2,1,3-5H3/b7-6-,22-17-. The lowest BCUT2D eigenvalue weighted by atomic mass is 9.58. The Kier molecular flexibility index (Phi) is 7.92. The first-order valence-corrected chi connectivity index (χ1v) is 11.8. The number of ether oxygens (including phenoxy) is 2. The highest BCUT2D eigenvalue weighted by molar-refractivity contribution is 5.90. The van der Waals surface area contributed by atoms with E-state index in [0.717, 1.165) is 13.2 Å². The molecule has 1 saturated heterocycles. The maximum Gasteiger partial charge on any atom is 0.338 e. The topological polar surface area (TPSA) is 122 Å². The summed E-state index contributed by atoms with van der Waals surface area (Å²) in [5.74, 6) is -6.20. The molecule has 1 heterocycles. The van der Waals surface area contributed by atoms with Gasteiger partial charge in [0.25, 0.3) is 11.6 Å². The Labute approximate surface area is 213 Å². The van der Waals surface area contributed by atoms with Gasteiger partial charge in [-0.3, -0.25) is 10.1 Å². The van der Waals surface area contributed by atoms with Gasteiger partial charge in [0, 0.05) is 37.1 Å². The van der Waals surface area contributed by atoms with Crippen molar-refractivity contribution in [2.24, 2.45) is 5.41 Å². The number of piperidine rings is 1. The van der Waals surface area contributed by atoms with Crippen molar-refractivity contribution in [3.8, 4) is 0 Å². The third-order valence-electron chi connectivity index (χ3n) is 7.24. The molecule has 2 N–H and O–H groups in total. The van der Waals surface area contributed by atoms with E-state index in [1.807, 2.05) is 0 Å². The van der Waals surface area contributed by atoms with Crippen molar-refractivity contribution in [3.63, 3.8) is 0 Å². The molecule has 1 aromatic carbocycles. The number of carbonyl (C=O) groups excluding carboxylic acids is 1. The SMILES string of the molecule is C=C(/C=C\C)/C(=C(\C)OC)C(O)(O)N1CCC2(CC1c1ccc(C(=O)OC)cc1[N+](=O)[O-])CC(F)(F)C2. The van der Waals surface area contributed by atoms with E-state index in [9.17, 15) is 33.9 Å². The predicted molar refractivity (Wildman–Crippen MR) is 131 cm³/mol. The summed E-state index contributed by atoms with van der Waals surface area (Å²) in [6.45, 7) is 7.10. The predicted octanol–water partition coefficient (Wildman–Crippen LogP) is 4.62. The molecule has 2 aliphatic rings. The Bertz CT molecular complexity index is 1150. The van der Waals surface area contributed by atoms with E-state index in [1.165, 1.54) is 31.1 Å². The molecule has 1 unspecified atom stereocenters. The fraction of sp³-hybridized carbons (Fsp3) is 0.500. The van der Waals surface area contributed by atoms with Crippen LogP contribution in [-0.4, -0.2) is 58.6 Å². The summed E-state index contributed by atoms with van der Waals surface area (Å²) in [6.07, 6.45) is 2.65. The van der Waals surface area contributed by atoms with Gasteiger partial charge in [-0.2, -0.15) is 0 Å². The van der Waals surface area contributed by atoms with Crippen LogP contribution >= 0.6 is 0 Å². The summed E-state index contributed by atoms with van der Waals surface area (Å²) < 4.78 is 37.9. The molecule has 202 valence electrons. The highest BCUT2D eigenvalue weighted by Crippen LogP contribution is 2.61. The van der Waals surface area contributed by atoms with Gasteiger partial charge >= 0.3 is 5.97 Å². The van der Waals surface area contributed by atoms with E-state index in [4.69, 9.17) is 4.74 Å². The minimum Gasteiger partial charge on any atom is -0.501 e. The molecule has 1 saturated carbocycles. The number of hydrogen-bond acceptors (Lipinski definition) is 8. The van der Waals surface area contributed by atoms with E-state index in [0.29, 0.717) is 0 Å². The van der Waals surface area contributed by atoms with Crippen molar-refractivity contribution in [1.29, 1.82) is 0 Å². The van der Waals surface area contributed by atoms with E-state index in [-0.39, 0.29) is 47.4 Å². The van der Waals surface area contributed by atoms with Gasteiger partial charge < -0.3 is 19.7 Å². The lowest BCUT2D eigenvalue weighted by molar-refractivity contribution is -0.386. The van der Waals surface area contributed by atoms with Gasteiger partial charge in [-0.1, -0.05) is 18.7 Å². The van der Waals surface area contributed by atoms with Crippen LogP contribution in [0.1, 0.15) is 61.5 Å². The number of benzene rings is 1. The highest BCUT2D eigenvalue weighted by Gasteiger charge is 2.61. The van der Waals surface area contributed by atoms with Crippen molar-refractivity contribution in [2.75, 3.05) is 20.8 Å². The number of methoxy groups -OCH3 is 2. The molecule has 3 rings (SSSR count). The average Bonchev–Trinajstić information content (AvgIpc) is 2.81. The zero-order chi connectivity index (χ0) is 27.8. The van der Waals surface area contributed by atoms with E-state index >= 15 is 0 Å². The van der Waals surface area contributed by atoms with Crippen LogP contribution in [0.15, 0.2) is 53.8 Å². The number of likely N-dealkylation sites (tertiary alicyclic amines) is 1. The molecule has 37 heavy (non-hydrogen) atoms. The van der Waals surface area contributed by atoms with Gasteiger partial charge in [-0.25, -0.2) is 18.5 Å². The van der Waals surface area contributed by atoms with Crippen LogP contribution in [0, 0.1) is 15.5 Å². The van der Waals surface area contributed by atoms with Crippen LogP contribution in [-0.2, 0) is 9.47 Å². The van der Waals surface area contributed by atoms with Gasteiger partial charge in [0.2, 0.25) is 5.92 Å². The van der Waals surface area contributed by atoms with Gasteiger partial charge in [-0.05, 0) is 49.8 Å². The van der Waals surface area contributed by atoms with Crippen molar-refractivity contribution in [2.45, 2.75) is 57.4 Å². The smallest absolute Gasteiger partial charge is 0.338 e. The number of carbonyl (C=O) groups is 1. The number of hydrogen-bond donors (Lipinski definition) is 2. The largest absolute Gasteiger partial charge is 0.501 e. The van der Waals surface area contributed by atoms with Crippen molar-refractivity contribution in [3.05, 3.63) is 75.1 Å². The third kappa shape index (κ3) is 5.43. The van der Waals surface area contributed by atoms with Gasteiger partial charge in [0.05, 0.1) is 30.3 Å². The molecule has 0 amide bonds. The zero-order valence-electron chi connectivity index (χ0n) is 21.3. The van der Waals surface area contributed by atoms with Gasteiger partial charge in [0.1, 0.15) is 5.76 Å². The number of alkyl halides is 2. The number of esters is 1. The second-order valence-electron chi connectivity index (χ2n) is 9.69. The Morgan fingerprint density at radius 1 is 1.30 bits per heavy atom. The van der Waals surface area contributed by atoms with Gasteiger partial charge in [0.15, 0.2) is 0 Å². The number of halogens is 2. The maximum absolute atomic E-state index is 14.0. The number of nitro groups is 1. The molecule has 2 fully saturated rings. The number of rotatable bonds is 8. The quantitative estimate of drug-likeness (QED) is 0.127. The van der Waals surface area contributed by atoms with Gasteiger partial charge in [-0.15, -0.1) is 0 Å². The number of allylic oxidation sites excluding steroid dienone is 3. The summed E-state index contributed by atoms with van der Waals surface area (Å²) in [5.41, 5.74) is -1.13. The summed E-state index contributed by atoms with van der Waals surface area (Å²) in [4.78, 5) is 24.6. The van der Waals surface area contributed by atoms with E-state index in [1.54, 1.807) is 19.1 Å². The number of aliphatic hydroxyl groups is 2. The molecule has 0 aromatic heterocycles. The minimum absolute atomic E-state index is 0.0132. The van der Waals surface area contributed by atoms with Crippen LogP contribution in [0.3, 0.4) is 0 Å². The monoisotopic (exact) mass is 522 g/mol. The average molecular weight is 523 g/mol. The zero-order valence-corrected chi connectivity index (χ0v) is 21.3. The van der Waals surface area contributed by atoms with Crippen LogP contribution in [0.25, 0.3) is 0 Å². The Balaban J connectivity index is 2.18. The summed E-state index contributed by atoms with van der Waals surface area (Å²) >= 11 is 0. The molecule has 9 nitrogen and oxygen atoms in total. The van der Waals surface area contributed by atoms with Crippen molar-refractivity contribution in [1.82, 2.24) is 4.90 Å². The van der Waals surface area contributed by atoms with E-state index in [2.05, 4.69) is 11.3 Å². The second-order valence-corrected chi connectivity index (χ2v) is 9.69. The first kappa shape index (κ1) is 28.4. The lowest BCUT2D eigenvalue weighted by Crippen LogP contribution is -2.60. The van der Waals surface area contributed by atoms with Crippen molar-refractivity contribution >= 4 is 11.7 Å². The third-order valence-corrected chi connectivity index (χ3v) is 7.24. The summed E-state index contributed by atoms with van der Waals surface area (Å²) in [6, 6.07) is 2.66. The normalized spacial score (nSPS) is 21.8. The fourth-order valence-electron chi connectivity index (χ4n) is 5.59. The maximum atomic E-state index is 14.0. The van der Waals surface area contributed by atoms with Crippen LogP contribution in [0.2, 0.25) is 0 Å². The second kappa shape index (κ2) is 10.3. The first-order valence-electron chi connectivity index (χ1n) is 11.8. The molecular formula is C26H32F2N2O7. The van der Waals surface area contributed by atoms with Crippen LogP contribution in [0.4, 0.5) is 14.5 Å². The number of nitrogens with zero attached hydrogens (tertiary/aromatic N) is 2. The summed E-state index contributed by atoms with van der Waals surface area (Å²) in [7, 11) is 2.49. The highest BCUT2D eigenvalue weighted by atomic mass is 19.3. The first-order chi connectivity index (χ1) is 17.2. The van der Waals surface area contributed by atoms with Crippen molar-refractivity contribution < 1.29 is 38.2 Å². The molecule has 1 aliphatic carbocycles. The molecular weight excluding hydrogens is 490 g/mol. The Hall–Kier alpha value is -3.15. The summed E-state index contributed by atoms with van der Waals surface area (Å²) in [5, 5.41) is 35.2. The fourth-order valence-corrected chi connectivity index (χ4v) is 5.59. The van der Waals surface area contributed by atoms with Crippen LogP contribution < -0.4 is 0 Å². The molecule has 0 bridgehead atoms. The molecule has 1 spiro atoms. The van der Waals surface area contributed by atoms with E-state index < -0.39 is 52.7 Å². The molecule has 1 aromatic rings. The molecule has 11 heteroatoms. The molecule has 1 aliphatic heterocycles. The Morgan fingerprint density at radius 2 is 1.95 bits per heavy atom. The molecule has 0 radical (unpaired) electrons. The number of nitro benzene ring substituents is 1. The lowest BCUT2D eigenvalue weighted by Gasteiger charge is -2.56. The molecule has 1 atom stereocenters. The minimum atomic E-state index is -2.85.